The van der Waals surface area contributed by atoms with Crippen LogP contribution >= 0.6 is 27.5 Å². The van der Waals surface area contributed by atoms with Crippen LogP contribution < -0.4 is 0 Å². The summed E-state index contributed by atoms with van der Waals surface area (Å²) in [4.78, 5) is 4.52. The second kappa shape index (κ2) is 4.65. The molecule has 0 spiro atoms. The van der Waals surface area contributed by atoms with Crippen molar-refractivity contribution in [3.8, 4) is 11.3 Å². The fourth-order valence-electron chi connectivity index (χ4n) is 1.90. The molecule has 0 aliphatic carbocycles. The quantitative estimate of drug-likeness (QED) is 0.758. The number of hydrogen-bond donors (Lipinski definition) is 1. The summed E-state index contributed by atoms with van der Waals surface area (Å²) < 4.78 is 2.55. The molecule has 0 amide bonds. The Labute approximate surface area is 123 Å². The molecule has 4 nitrogen and oxygen atoms in total. The van der Waals surface area contributed by atoms with E-state index in [4.69, 9.17) is 11.6 Å². The van der Waals surface area contributed by atoms with Gasteiger partial charge in [-0.1, -0.05) is 43.6 Å². The lowest BCUT2D eigenvalue weighted by Gasteiger charge is -2.01. The van der Waals surface area contributed by atoms with E-state index in [1.165, 1.54) is 0 Å². The minimum atomic E-state index is 0.295. The summed E-state index contributed by atoms with van der Waals surface area (Å²) in [5.41, 5.74) is 2.59. The summed E-state index contributed by atoms with van der Waals surface area (Å²) >= 11 is 9.79. The third-order valence-electron chi connectivity index (χ3n) is 2.92. The Morgan fingerprint density at radius 1 is 1.32 bits per heavy atom. The van der Waals surface area contributed by atoms with Crippen molar-refractivity contribution in [2.45, 2.75) is 19.8 Å². The van der Waals surface area contributed by atoms with Crippen molar-refractivity contribution >= 4 is 33.2 Å². The Kier molecular flexibility index (Phi) is 3.11. The lowest BCUT2D eigenvalue weighted by Crippen LogP contribution is -1.93. The maximum absolute atomic E-state index is 6.22. The fourth-order valence-corrected chi connectivity index (χ4v) is 2.69. The maximum Gasteiger partial charge on any atom is 0.190 e. The average molecular weight is 340 g/mol. The van der Waals surface area contributed by atoms with Crippen LogP contribution in [0.15, 0.2) is 28.7 Å². The molecule has 1 aromatic carbocycles. The largest absolute Gasteiger partial charge is 0.274 e. The fraction of sp³-hybridized carbons (Fsp3) is 0.231. The van der Waals surface area contributed by atoms with Crippen LogP contribution in [0.1, 0.15) is 25.6 Å². The summed E-state index contributed by atoms with van der Waals surface area (Å²) in [5.74, 6) is 1.11. The first-order chi connectivity index (χ1) is 9.08. The number of halogens is 2. The standard InChI is InChI=1S/C13H12BrClN4/c1-7(2)12-16-13-10(14)11(17-19(13)18-12)8-5-3-4-6-9(8)15/h3-7,17H,1-2H3. The van der Waals surface area contributed by atoms with Crippen molar-refractivity contribution in [1.82, 2.24) is 19.8 Å². The molecule has 0 fully saturated rings. The second-order valence-corrected chi connectivity index (χ2v) is 5.84. The third kappa shape index (κ3) is 2.07. The van der Waals surface area contributed by atoms with Crippen molar-refractivity contribution in [3.05, 3.63) is 39.6 Å². The van der Waals surface area contributed by atoms with E-state index in [-0.39, 0.29) is 0 Å². The van der Waals surface area contributed by atoms with Crippen molar-refractivity contribution < 1.29 is 0 Å². The number of hydrogen-bond acceptors (Lipinski definition) is 2. The molecule has 0 aliphatic rings. The van der Waals surface area contributed by atoms with Crippen LogP contribution in [-0.2, 0) is 0 Å². The van der Waals surface area contributed by atoms with Crippen LogP contribution in [0.5, 0.6) is 0 Å². The first-order valence-corrected chi connectivity index (χ1v) is 7.14. The Balaban J connectivity index is 2.19. The highest BCUT2D eigenvalue weighted by Gasteiger charge is 2.17. The van der Waals surface area contributed by atoms with E-state index in [9.17, 15) is 0 Å². The summed E-state index contributed by atoms with van der Waals surface area (Å²) in [5, 5.41) is 8.33. The van der Waals surface area contributed by atoms with Gasteiger partial charge in [-0.25, -0.2) is 4.98 Å². The molecule has 0 saturated carbocycles. The zero-order valence-electron chi connectivity index (χ0n) is 10.5. The normalized spacial score (nSPS) is 11.6. The van der Waals surface area contributed by atoms with Crippen LogP contribution in [0.2, 0.25) is 5.02 Å². The van der Waals surface area contributed by atoms with E-state index >= 15 is 0 Å². The monoisotopic (exact) mass is 338 g/mol. The number of aromatic nitrogens is 4. The molecule has 3 aromatic rings. The second-order valence-electron chi connectivity index (χ2n) is 4.64. The van der Waals surface area contributed by atoms with Gasteiger partial charge in [0.15, 0.2) is 11.5 Å². The van der Waals surface area contributed by atoms with Crippen LogP contribution in [0.3, 0.4) is 0 Å². The highest BCUT2D eigenvalue weighted by Crippen LogP contribution is 2.34. The van der Waals surface area contributed by atoms with E-state index < -0.39 is 0 Å². The molecule has 1 N–H and O–H groups in total. The van der Waals surface area contributed by atoms with Gasteiger partial charge in [0.05, 0.1) is 10.2 Å². The van der Waals surface area contributed by atoms with Gasteiger partial charge < -0.3 is 0 Å². The van der Waals surface area contributed by atoms with Crippen molar-refractivity contribution in [2.75, 3.05) is 0 Å². The molecule has 2 heterocycles. The first-order valence-electron chi connectivity index (χ1n) is 5.97. The molecular formula is C13H12BrClN4. The van der Waals surface area contributed by atoms with Gasteiger partial charge in [-0.3, -0.25) is 5.10 Å². The molecule has 98 valence electrons. The SMILES string of the molecule is CC(C)c1nc2c(Br)c(-c3ccccc3Cl)[nH]n2n1. The summed E-state index contributed by atoms with van der Waals surface area (Å²) in [7, 11) is 0. The lowest BCUT2D eigenvalue weighted by molar-refractivity contribution is 0.731. The van der Waals surface area contributed by atoms with Crippen LogP contribution in [0, 0.1) is 0 Å². The van der Waals surface area contributed by atoms with Gasteiger partial charge in [0, 0.05) is 16.5 Å². The van der Waals surface area contributed by atoms with E-state index in [0.29, 0.717) is 10.9 Å². The molecule has 0 unspecified atom stereocenters. The molecule has 0 bridgehead atoms. The van der Waals surface area contributed by atoms with Gasteiger partial charge in [-0.05, 0) is 22.0 Å². The zero-order chi connectivity index (χ0) is 13.6. The molecule has 0 radical (unpaired) electrons. The molecule has 19 heavy (non-hydrogen) atoms. The smallest absolute Gasteiger partial charge is 0.190 e. The summed E-state index contributed by atoms with van der Waals surface area (Å²) in [6, 6.07) is 7.68. The zero-order valence-corrected chi connectivity index (χ0v) is 12.8. The molecule has 6 heteroatoms. The molecule has 0 saturated heterocycles. The van der Waals surface area contributed by atoms with Gasteiger partial charge in [0.2, 0.25) is 0 Å². The molecule has 2 aromatic heterocycles. The highest BCUT2D eigenvalue weighted by atomic mass is 79.9. The molecular weight excluding hydrogens is 328 g/mol. The van der Waals surface area contributed by atoms with Crippen molar-refractivity contribution in [1.29, 1.82) is 0 Å². The molecule has 3 rings (SSSR count). The minimum absolute atomic E-state index is 0.295. The van der Waals surface area contributed by atoms with Gasteiger partial charge in [0.25, 0.3) is 0 Å². The molecule has 0 atom stereocenters. The van der Waals surface area contributed by atoms with E-state index in [1.54, 1.807) is 4.63 Å². The maximum atomic E-state index is 6.22. The van der Waals surface area contributed by atoms with E-state index in [2.05, 4.69) is 45.0 Å². The van der Waals surface area contributed by atoms with Gasteiger partial charge in [-0.15, -0.1) is 5.10 Å². The number of H-pyrrole nitrogens is 1. The number of rotatable bonds is 2. The third-order valence-corrected chi connectivity index (χ3v) is 4.00. The van der Waals surface area contributed by atoms with Crippen molar-refractivity contribution in [3.63, 3.8) is 0 Å². The van der Waals surface area contributed by atoms with Crippen LogP contribution in [-0.4, -0.2) is 19.8 Å². The average Bonchev–Trinajstić information content (AvgIpc) is 2.91. The van der Waals surface area contributed by atoms with E-state index in [1.807, 2.05) is 24.3 Å². The lowest BCUT2D eigenvalue weighted by atomic mass is 10.1. The van der Waals surface area contributed by atoms with Gasteiger partial charge in [-0.2, -0.15) is 4.63 Å². The number of aromatic amines is 1. The van der Waals surface area contributed by atoms with Crippen molar-refractivity contribution in [2.24, 2.45) is 0 Å². The first kappa shape index (κ1) is 12.7. The molecule has 0 aliphatic heterocycles. The number of nitrogens with zero attached hydrogens (tertiary/aromatic N) is 3. The summed E-state index contributed by atoms with van der Waals surface area (Å²) in [6.45, 7) is 4.13. The Hall–Kier alpha value is -1.33. The van der Waals surface area contributed by atoms with Crippen LogP contribution in [0.4, 0.5) is 0 Å². The topological polar surface area (TPSA) is 46.0 Å². The Morgan fingerprint density at radius 3 is 2.68 bits per heavy atom. The van der Waals surface area contributed by atoms with E-state index in [0.717, 1.165) is 27.2 Å². The predicted molar refractivity (Wildman–Crippen MR) is 79.6 cm³/mol. The number of nitrogens with one attached hydrogen (secondary N) is 1. The number of fused-ring (bicyclic) bond motifs is 1. The van der Waals surface area contributed by atoms with Gasteiger partial charge >= 0.3 is 0 Å². The minimum Gasteiger partial charge on any atom is -0.274 e. The number of benzene rings is 1. The summed E-state index contributed by atoms with van der Waals surface area (Å²) in [6.07, 6.45) is 0. The van der Waals surface area contributed by atoms with Crippen LogP contribution in [0.25, 0.3) is 16.9 Å². The highest BCUT2D eigenvalue weighted by molar-refractivity contribution is 9.10. The Morgan fingerprint density at radius 2 is 2.05 bits per heavy atom. The van der Waals surface area contributed by atoms with Gasteiger partial charge in [0.1, 0.15) is 0 Å². The Bertz CT molecular complexity index is 744. The predicted octanol–water partition coefficient (Wildman–Crippen LogP) is 4.26.